The van der Waals surface area contributed by atoms with E-state index in [1.165, 1.54) is 4.31 Å². The lowest BCUT2D eigenvalue weighted by atomic mass is 9.92. The smallest absolute Gasteiger partial charge is 0.246 e. The molecular formula is C15H22N2O4S. The summed E-state index contributed by atoms with van der Waals surface area (Å²) in [6.45, 7) is 3.79. The molecule has 122 valence electrons. The molecule has 2 heterocycles. The summed E-state index contributed by atoms with van der Waals surface area (Å²) in [5.74, 6) is 1.22. The van der Waals surface area contributed by atoms with Crippen LogP contribution in [0.5, 0.6) is 11.5 Å². The third-order valence-corrected chi connectivity index (χ3v) is 6.31. The summed E-state index contributed by atoms with van der Waals surface area (Å²) in [7, 11) is -3.57. The number of fused-ring (bicyclic) bond motifs is 1. The fourth-order valence-corrected chi connectivity index (χ4v) is 4.65. The Morgan fingerprint density at radius 3 is 2.59 bits per heavy atom. The summed E-state index contributed by atoms with van der Waals surface area (Å²) < 4.78 is 38.3. The van der Waals surface area contributed by atoms with Crippen LogP contribution in [0.25, 0.3) is 0 Å². The third kappa shape index (κ3) is 2.80. The summed E-state index contributed by atoms with van der Waals surface area (Å²) in [5.41, 5.74) is 5.92. The quantitative estimate of drug-likeness (QED) is 0.903. The normalized spacial score (nSPS) is 21.5. The van der Waals surface area contributed by atoms with Gasteiger partial charge in [0.2, 0.25) is 10.0 Å². The first-order valence-electron chi connectivity index (χ1n) is 7.64. The SMILES string of the molecule is CC(N)C1CCN(S(=O)(=O)c2cccc3c2OCCO3)CC1. The Morgan fingerprint density at radius 1 is 1.23 bits per heavy atom. The summed E-state index contributed by atoms with van der Waals surface area (Å²) in [6, 6.07) is 5.11. The zero-order valence-electron chi connectivity index (χ0n) is 12.7. The molecule has 22 heavy (non-hydrogen) atoms. The molecule has 0 aromatic heterocycles. The number of ether oxygens (including phenoxy) is 2. The monoisotopic (exact) mass is 326 g/mol. The molecule has 7 heteroatoms. The van der Waals surface area contributed by atoms with Crippen LogP contribution in [0.2, 0.25) is 0 Å². The molecule has 1 unspecified atom stereocenters. The van der Waals surface area contributed by atoms with Crippen LogP contribution in [0.3, 0.4) is 0 Å². The lowest BCUT2D eigenvalue weighted by molar-refractivity contribution is 0.166. The van der Waals surface area contributed by atoms with Gasteiger partial charge < -0.3 is 15.2 Å². The second-order valence-corrected chi connectivity index (χ2v) is 7.79. The minimum atomic E-state index is -3.57. The van der Waals surface area contributed by atoms with Crippen LogP contribution < -0.4 is 15.2 Å². The number of sulfonamides is 1. The fourth-order valence-electron chi connectivity index (χ4n) is 3.03. The van der Waals surface area contributed by atoms with Crippen molar-refractivity contribution in [3.8, 4) is 11.5 Å². The van der Waals surface area contributed by atoms with Crippen LogP contribution in [0.1, 0.15) is 19.8 Å². The summed E-state index contributed by atoms with van der Waals surface area (Å²) in [4.78, 5) is 0.198. The third-order valence-electron chi connectivity index (χ3n) is 4.39. The highest BCUT2D eigenvalue weighted by Gasteiger charge is 2.34. The van der Waals surface area contributed by atoms with Gasteiger partial charge in [0.25, 0.3) is 0 Å². The molecule has 1 aromatic rings. The minimum absolute atomic E-state index is 0.103. The molecule has 1 fully saturated rings. The van der Waals surface area contributed by atoms with Crippen molar-refractivity contribution in [2.75, 3.05) is 26.3 Å². The van der Waals surface area contributed by atoms with Crippen molar-refractivity contribution in [2.45, 2.75) is 30.7 Å². The van der Waals surface area contributed by atoms with Crippen molar-refractivity contribution >= 4 is 10.0 Å². The van der Waals surface area contributed by atoms with Crippen molar-refractivity contribution in [2.24, 2.45) is 11.7 Å². The first-order valence-corrected chi connectivity index (χ1v) is 9.08. The van der Waals surface area contributed by atoms with Gasteiger partial charge >= 0.3 is 0 Å². The van der Waals surface area contributed by atoms with Gasteiger partial charge in [0.05, 0.1) is 0 Å². The molecule has 0 aliphatic carbocycles. The second-order valence-electron chi connectivity index (χ2n) is 5.88. The van der Waals surface area contributed by atoms with E-state index >= 15 is 0 Å². The lowest BCUT2D eigenvalue weighted by Crippen LogP contribution is -2.42. The van der Waals surface area contributed by atoms with Crippen LogP contribution >= 0.6 is 0 Å². The van der Waals surface area contributed by atoms with Crippen LogP contribution in [0.15, 0.2) is 23.1 Å². The average Bonchev–Trinajstić information content (AvgIpc) is 2.54. The summed E-state index contributed by atoms with van der Waals surface area (Å²) >= 11 is 0. The van der Waals surface area contributed by atoms with Gasteiger partial charge in [-0.1, -0.05) is 6.07 Å². The molecule has 1 aromatic carbocycles. The maximum Gasteiger partial charge on any atom is 0.246 e. The predicted molar refractivity (Wildman–Crippen MR) is 82.6 cm³/mol. The molecule has 1 saturated heterocycles. The second kappa shape index (κ2) is 6.06. The molecule has 0 bridgehead atoms. The number of nitrogens with zero attached hydrogens (tertiary/aromatic N) is 1. The van der Waals surface area contributed by atoms with Crippen LogP contribution in [-0.4, -0.2) is 45.1 Å². The molecular weight excluding hydrogens is 304 g/mol. The highest BCUT2D eigenvalue weighted by Crippen LogP contribution is 2.38. The molecule has 0 radical (unpaired) electrons. The van der Waals surface area contributed by atoms with Crippen molar-refractivity contribution < 1.29 is 17.9 Å². The fraction of sp³-hybridized carbons (Fsp3) is 0.600. The molecule has 2 aliphatic heterocycles. The Hall–Kier alpha value is -1.31. The Balaban J connectivity index is 1.85. The standard InChI is InChI=1S/C15H22N2O4S/c1-11(16)12-5-7-17(8-6-12)22(18,19)14-4-2-3-13-15(14)21-10-9-20-13/h2-4,11-12H,5-10,16H2,1H3. The van der Waals surface area contributed by atoms with Crippen molar-refractivity contribution in [3.63, 3.8) is 0 Å². The Bertz CT molecular complexity index is 637. The number of para-hydroxylation sites is 1. The Morgan fingerprint density at radius 2 is 1.91 bits per heavy atom. The first-order chi connectivity index (χ1) is 10.5. The maximum atomic E-state index is 12.9. The van der Waals surface area contributed by atoms with E-state index in [2.05, 4.69) is 0 Å². The van der Waals surface area contributed by atoms with Gasteiger partial charge in [0, 0.05) is 19.1 Å². The van der Waals surface area contributed by atoms with Gasteiger partial charge in [-0.05, 0) is 37.8 Å². The van der Waals surface area contributed by atoms with Crippen LogP contribution in [0, 0.1) is 5.92 Å². The number of nitrogens with two attached hydrogens (primary N) is 1. The highest BCUT2D eigenvalue weighted by atomic mass is 32.2. The van der Waals surface area contributed by atoms with E-state index in [1.807, 2.05) is 6.92 Å². The zero-order valence-corrected chi connectivity index (χ0v) is 13.5. The summed E-state index contributed by atoms with van der Waals surface area (Å²) in [6.07, 6.45) is 1.59. The Kier molecular flexibility index (Phi) is 4.29. The van der Waals surface area contributed by atoms with Crippen molar-refractivity contribution in [1.82, 2.24) is 4.31 Å². The van der Waals surface area contributed by atoms with Crippen molar-refractivity contribution in [1.29, 1.82) is 0 Å². The molecule has 0 spiro atoms. The van der Waals surface area contributed by atoms with Gasteiger partial charge in [0.1, 0.15) is 18.1 Å². The number of rotatable bonds is 3. The van der Waals surface area contributed by atoms with Gasteiger partial charge in [-0.2, -0.15) is 4.31 Å². The molecule has 6 nitrogen and oxygen atoms in total. The van der Waals surface area contributed by atoms with E-state index < -0.39 is 10.0 Å². The predicted octanol–water partition coefficient (Wildman–Crippen LogP) is 1.21. The maximum absolute atomic E-state index is 12.9. The highest BCUT2D eigenvalue weighted by molar-refractivity contribution is 7.89. The van der Waals surface area contributed by atoms with Gasteiger partial charge in [0.15, 0.2) is 11.5 Å². The van der Waals surface area contributed by atoms with Gasteiger partial charge in [-0.25, -0.2) is 8.42 Å². The van der Waals surface area contributed by atoms with E-state index in [4.69, 9.17) is 15.2 Å². The molecule has 0 saturated carbocycles. The van der Waals surface area contributed by atoms with E-state index in [0.29, 0.717) is 43.7 Å². The topological polar surface area (TPSA) is 81.9 Å². The lowest BCUT2D eigenvalue weighted by Gasteiger charge is -2.33. The van der Waals surface area contributed by atoms with Gasteiger partial charge in [-0.15, -0.1) is 0 Å². The van der Waals surface area contributed by atoms with Crippen molar-refractivity contribution in [3.05, 3.63) is 18.2 Å². The first kappa shape index (κ1) is 15.6. The Labute approximate surface area is 131 Å². The van der Waals surface area contributed by atoms with E-state index in [-0.39, 0.29) is 10.9 Å². The molecule has 2 aliphatic rings. The molecule has 0 amide bonds. The molecule has 3 rings (SSSR count). The minimum Gasteiger partial charge on any atom is -0.486 e. The molecule has 2 N–H and O–H groups in total. The van der Waals surface area contributed by atoms with E-state index in [9.17, 15) is 8.42 Å². The average molecular weight is 326 g/mol. The number of hydrogen-bond acceptors (Lipinski definition) is 5. The van der Waals surface area contributed by atoms with Crippen LogP contribution in [0.4, 0.5) is 0 Å². The molecule has 1 atom stereocenters. The van der Waals surface area contributed by atoms with E-state index in [0.717, 1.165) is 12.8 Å². The number of hydrogen-bond donors (Lipinski definition) is 1. The zero-order chi connectivity index (χ0) is 15.7. The summed E-state index contributed by atoms with van der Waals surface area (Å²) in [5, 5.41) is 0. The van der Waals surface area contributed by atoms with Gasteiger partial charge in [-0.3, -0.25) is 0 Å². The van der Waals surface area contributed by atoms with E-state index in [1.54, 1.807) is 18.2 Å². The largest absolute Gasteiger partial charge is 0.486 e. The number of piperidine rings is 1. The number of benzene rings is 1. The van der Waals surface area contributed by atoms with Crippen LogP contribution in [-0.2, 0) is 10.0 Å².